The highest BCUT2D eigenvalue weighted by Crippen LogP contribution is 2.36. The Morgan fingerprint density at radius 1 is 1.07 bits per heavy atom. The summed E-state index contributed by atoms with van der Waals surface area (Å²) in [6.07, 6.45) is 0.0805. The maximum absolute atomic E-state index is 12.1. The van der Waals surface area contributed by atoms with Crippen molar-refractivity contribution in [3.05, 3.63) is 41.9 Å². The third-order valence-electron chi connectivity index (χ3n) is 4.40. The standard InChI is InChI=1S/C21H23N3O6/c1-5-29-21(26)14(25)10-12-18-22-23-20(17-11-9-13(2)30-17)24(18)19-15(27-3)7-6-8-16(19)28-4/h6-9,11H,5,10,12H2,1-4H3. The summed E-state index contributed by atoms with van der Waals surface area (Å²) < 4.78 is 23.3. The van der Waals surface area contributed by atoms with Crippen molar-refractivity contribution >= 4 is 11.8 Å². The Morgan fingerprint density at radius 2 is 1.77 bits per heavy atom. The smallest absolute Gasteiger partial charge is 0.374 e. The summed E-state index contributed by atoms with van der Waals surface area (Å²) in [4.78, 5) is 23.8. The molecule has 1 aromatic carbocycles. The Labute approximate surface area is 173 Å². The van der Waals surface area contributed by atoms with E-state index in [1.807, 2.05) is 13.0 Å². The number of furan rings is 1. The van der Waals surface area contributed by atoms with E-state index in [9.17, 15) is 9.59 Å². The molecule has 158 valence electrons. The fourth-order valence-corrected chi connectivity index (χ4v) is 3.02. The van der Waals surface area contributed by atoms with E-state index in [0.29, 0.717) is 40.4 Å². The molecule has 0 saturated carbocycles. The molecule has 0 aliphatic carbocycles. The normalized spacial score (nSPS) is 10.7. The fraction of sp³-hybridized carbons (Fsp3) is 0.333. The molecule has 0 atom stereocenters. The van der Waals surface area contributed by atoms with Crippen LogP contribution in [0.4, 0.5) is 0 Å². The third-order valence-corrected chi connectivity index (χ3v) is 4.40. The molecule has 0 spiro atoms. The average Bonchev–Trinajstić information content (AvgIpc) is 3.37. The van der Waals surface area contributed by atoms with Gasteiger partial charge in [0.05, 0.1) is 20.8 Å². The number of Topliss-reactive ketones (excluding diaryl/α,β-unsaturated/α-hetero) is 1. The molecule has 0 unspecified atom stereocenters. The molecule has 9 nitrogen and oxygen atoms in total. The first-order valence-electron chi connectivity index (χ1n) is 9.42. The SMILES string of the molecule is CCOC(=O)C(=O)CCc1nnc(-c2ccc(C)o2)n1-c1c(OC)cccc1OC. The Bertz CT molecular complexity index is 1030. The van der Waals surface area contributed by atoms with Crippen LogP contribution in [-0.2, 0) is 20.7 Å². The molecular weight excluding hydrogens is 390 g/mol. The Balaban J connectivity index is 2.09. The molecule has 0 bridgehead atoms. The number of nitrogens with zero attached hydrogens (tertiary/aromatic N) is 3. The molecule has 0 amide bonds. The third kappa shape index (κ3) is 4.19. The van der Waals surface area contributed by atoms with Crippen LogP contribution in [0.25, 0.3) is 17.3 Å². The quantitative estimate of drug-likeness (QED) is 0.389. The van der Waals surface area contributed by atoms with Gasteiger partial charge in [-0.25, -0.2) is 4.79 Å². The van der Waals surface area contributed by atoms with Crippen LogP contribution in [0.15, 0.2) is 34.7 Å². The van der Waals surface area contributed by atoms with Gasteiger partial charge in [-0.2, -0.15) is 0 Å². The number of ketones is 1. The van der Waals surface area contributed by atoms with Crippen molar-refractivity contribution in [2.45, 2.75) is 26.7 Å². The van der Waals surface area contributed by atoms with Crippen molar-refractivity contribution in [2.24, 2.45) is 0 Å². The zero-order valence-electron chi connectivity index (χ0n) is 17.3. The van der Waals surface area contributed by atoms with Crippen molar-refractivity contribution in [1.29, 1.82) is 0 Å². The van der Waals surface area contributed by atoms with Gasteiger partial charge >= 0.3 is 5.97 Å². The van der Waals surface area contributed by atoms with Crippen LogP contribution in [0.5, 0.6) is 11.5 Å². The molecule has 0 N–H and O–H groups in total. The summed E-state index contributed by atoms with van der Waals surface area (Å²) in [5.41, 5.74) is 0.565. The molecule has 0 saturated heterocycles. The second kappa shape index (κ2) is 9.25. The van der Waals surface area contributed by atoms with Gasteiger partial charge in [-0.1, -0.05) is 6.07 Å². The largest absolute Gasteiger partial charge is 0.494 e. The van der Waals surface area contributed by atoms with Gasteiger partial charge in [0, 0.05) is 12.8 Å². The summed E-state index contributed by atoms with van der Waals surface area (Å²) in [5.74, 6) is 1.63. The number of hydrogen-bond donors (Lipinski definition) is 0. The highest BCUT2D eigenvalue weighted by molar-refractivity contribution is 6.33. The number of esters is 1. The van der Waals surface area contributed by atoms with Gasteiger partial charge in [0.15, 0.2) is 5.76 Å². The summed E-state index contributed by atoms with van der Waals surface area (Å²) in [6.45, 7) is 3.61. The molecule has 0 fully saturated rings. The van der Waals surface area contributed by atoms with Crippen molar-refractivity contribution < 1.29 is 28.2 Å². The van der Waals surface area contributed by atoms with Crippen molar-refractivity contribution in [3.63, 3.8) is 0 Å². The van der Waals surface area contributed by atoms with Gasteiger partial charge in [-0.3, -0.25) is 9.36 Å². The topological polar surface area (TPSA) is 106 Å². The first-order valence-corrected chi connectivity index (χ1v) is 9.42. The number of aromatic nitrogens is 3. The van der Waals surface area contributed by atoms with Crippen LogP contribution < -0.4 is 9.47 Å². The van der Waals surface area contributed by atoms with Gasteiger partial charge < -0.3 is 18.6 Å². The monoisotopic (exact) mass is 413 g/mol. The van der Waals surface area contributed by atoms with E-state index in [4.69, 9.17) is 18.6 Å². The minimum absolute atomic E-state index is 0.0778. The lowest BCUT2D eigenvalue weighted by Gasteiger charge is -2.16. The molecule has 0 aliphatic heterocycles. The highest BCUT2D eigenvalue weighted by Gasteiger charge is 2.25. The Kier molecular flexibility index (Phi) is 6.51. The van der Waals surface area contributed by atoms with E-state index in [1.165, 1.54) is 0 Å². The molecule has 2 aromatic heterocycles. The fourth-order valence-electron chi connectivity index (χ4n) is 3.02. The van der Waals surface area contributed by atoms with Gasteiger partial charge in [0.1, 0.15) is 28.8 Å². The lowest BCUT2D eigenvalue weighted by atomic mass is 10.2. The summed E-state index contributed by atoms with van der Waals surface area (Å²) >= 11 is 0. The second-order valence-corrected chi connectivity index (χ2v) is 6.34. The maximum atomic E-state index is 12.1. The molecule has 9 heteroatoms. The number of benzene rings is 1. The average molecular weight is 413 g/mol. The van der Waals surface area contributed by atoms with Crippen LogP contribution >= 0.6 is 0 Å². The predicted octanol–water partition coefficient (Wildman–Crippen LogP) is 2.92. The van der Waals surface area contributed by atoms with Crippen LogP contribution in [-0.4, -0.2) is 47.3 Å². The second-order valence-electron chi connectivity index (χ2n) is 6.34. The summed E-state index contributed by atoms with van der Waals surface area (Å²) in [5, 5.41) is 8.51. The minimum atomic E-state index is -0.861. The van der Waals surface area contributed by atoms with Crippen LogP contribution in [0.3, 0.4) is 0 Å². The lowest BCUT2D eigenvalue weighted by molar-refractivity contribution is -0.153. The van der Waals surface area contributed by atoms with Crippen LogP contribution in [0, 0.1) is 6.92 Å². The Hall–Kier alpha value is -3.62. The summed E-state index contributed by atoms with van der Waals surface area (Å²) in [7, 11) is 3.09. The number of rotatable bonds is 9. The van der Waals surface area contributed by atoms with Gasteiger partial charge in [0.25, 0.3) is 0 Å². The number of hydrogen-bond acceptors (Lipinski definition) is 8. The number of ether oxygens (including phenoxy) is 3. The maximum Gasteiger partial charge on any atom is 0.374 e. The number of methoxy groups -OCH3 is 2. The molecule has 3 aromatic rings. The van der Waals surface area contributed by atoms with Gasteiger partial charge in [-0.15, -0.1) is 10.2 Å². The zero-order chi connectivity index (χ0) is 21.7. The zero-order valence-corrected chi connectivity index (χ0v) is 17.3. The number of para-hydroxylation sites is 1. The van der Waals surface area contributed by atoms with E-state index < -0.39 is 11.8 Å². The Morgan fingerprint density at radius 3 is 2.33 bits per heavy atom. The highest BCUT2D eigenvalue weighted by atomic mass is 16.5. The number of carbonyl (C=O) groups excluding carboxylic acids is 2. The van der Waals surface area contributed by atoms with Crippen molar-refractivity contribution in [1.82, 2.24) is 14.8 Å². The predicted molar refractivity (Wildman–Crippen MR) is 107 cm³/mol. The lowest BCUT2D eigenvalue weighted by Crippen LogP contribution is -2.18. The van der Waals surface area contributed by atoms with E-state index in [0.717, 1.165) is 0 Å². The molecule has 30 heavy (non-hydrogen) atoms. The van der Waals surface area contributed by atoms with Crippen LogP contribution in [0.1, 0.15) is 24.9 Å². The number of carbonyl (C=O) groups is 2. The summed E-state index contributed by atoms with van der Waals surface area (Å²) in [6, 6.07) is 8.96. The van der Waals surface area contributed by atoms with E-state index in [1.54, 1.807) is 50.0 Å². The molecule has 0 aliphatic rings. The van der Waals surface area contributed by atoms with E-state index in [2.05, 4.69) is 10.2 Å². The molecule has 3 rings (SSSR count). The minimum Gasteiger partial charge on any atom is -0.494 e. The first kappa shape index (κ1) is 21.1. The first-order chi connectivity index (χ1) is 14.5. The van der Waals surface area contributed by atoms with Crippen molar-refractivity contribution in [2.75, 3.05) is 20.8 Å². The molecule has 0 radical (unpaired) electrons. The van der Waals surface area contributed by atoms with Gasteiger partial charge in [0.2, 0.25) is 11.6 Å². The van der Waals surface area contributed by atoms with Crippen LogP contribution in [0.2, 0.25) is 0 Å². The van der Waals surface area contributed by atoms with E-state index >= 15 is 0 Å². The van der Waals surface area contributed by atoms with Gasteiger partial charge in [-0.05, 0) is 38.1 Å². The number of aryl methyl sites for hydroxylation is 2. The van der Waals surface area contributed by atoms with Crippen molar-refractivity contribution in [3.8, 4) is 28.8 Å². The van der Waals surface area contributed by atoms with E-state index in [-0.39, 0.29) is 19.4 Å². The molecular formula is C21H23N3O6. The molecule has 2 heterocycles.